The fraction of sp³-hybridized carbons (Fsp3) is 0.286. The van der Waals surface area contributed by atoms with Crippen molar-refractivity contribution >= 4 is 26.0 Å². The Morgan fingerprint density at radius 1 is 1.29 bits per heavy atom. The molecule has 0 radical (unpaired) electrons. The molecule has 0 spiro atoms. The Balaban J connectivity index is 1.92. The van der Waals surface area contributed by atoms with Gasteiger partial charge in [0.1, 0.15) is 10.7 Å². The summed E-state index contributed by atoms with van der Waals surface area (Å²) in [6, 6.07) is 9.34. The van der Waals surface area contributed by atoms with Crippen molar-refractivity contribution in [3.63, 3.8) is 0 Å². The maximum atomic E-state index is 12.8. The average molecular weight is 371 g/mol. The number of rotatable bonds is 4. The van der Waals surface area contributed by atoms with Crippen molar-refractivity contribution in [2.75, 3.05) is 7.05 Å². The third kappa shape index (κ3) is 2.66. The summed E-state index contributed by atoms with van der Waals surface area (Å²) in [5, 5.41) is 2.94. The minimum absolute atomic E-state index is 0.181. The van der Waals surface area contributed by atoms with Crippen LogP contribution in [0.4, 0.5) is 0 Å². The second-order valence-corrected chi connectivity index (χ2v) is 7.55. The van der Waals surface area contributed by atoms with Crippen molar-refractivity contribution in [3.8, 4) is 0 Å². The van der Waals surface area contributed by atoms with Crippen LogP contribution in [0.5, 0.6) is 0 Å². The van der Waals surface area contributed by atoms with Crippen molar-refractivity contribution in [1.82, 2.24) is 9.62 Å². The first-order valence-electron chi connectivity index (χ1n) is 6.52. The Bertz CT molecular complexity index is 745. The molecule has 1 aromatic carbocycles. The largest absolute Gasteiger partial charge is 0.452 e. The van der Waals surface area contributed by atoms with Crippen LogP contribution in [0.25, 0.3) is 0 Å². The molecule has 0 saturated carbocycles. The van der Waals surface area contributed by atoms with Crippen LogP contribution in [-0.4, -0.2) is 19.8 Å². The number of benzene rings is 1. The molecule has 21 heavy (non-hydrogen) atoms. The average Bonchev–Trinajstić information content (AvgIpc) is 3.03. The van der Waals surface area contributed by atoms with Gasteiger partial charge in [0.05, 0.1) is 6.54 Å². The number of fused-ring (bicyclic) bond motifs is 1. The van der Waals surface area contributed by atoms with Gasteiger partial charge < -0.3 is 9.73 Å². The van der Waals surface area contributed by atoms with Crippen molar-refractivity contribution in [1.29, 1.82) is 0 Å². The van der Waals surface area contributed by atoms with Crippen LogP contribution >= 0.6 is 15.9 Å². The van der Waals surface area contributed by atoms with Gasteiger partial charge in [0.25, 0.3) is 0 Å². The lowest BCUT2D eigenvalue weighted by Crippen LogP contribution is -2.25. The molecule has 0 unspecified atom stereocenters. The van der Waals surface area contributed by atoms with Gasteiger partial charge in [-0.15, -0.1) is 0 Å². The highest BCUT2D eigenvalue weighted by Gasteiger charge is 2.33. The zero-order chi connectivity index (χ0) is 15.0. The van der Waals surface area contributed by atoms with Gasteiger partial charge in [-0.05, 0) is 34.1 Å². The molecule has 0 aliphatic carbocycles. The van der Waals surface area contributed by atoms with E-state index >= 15 is 0 Å². The van der Waals surface area contributed by atoms with E-state index in [-0.39, 0.29) is 9.56 Å². The number of nitrogens with zero attached hydrogens (tertiary/aromatic N) is 1. The summed E-state index contributed by atoms with van der Waals surface area (Å²) in [6.45, 7) is 1.28. The maximum Gasteiger partial charge on any atom is 0.248 e. The van der Waals surface area contributed by atoms with Gasteiger partial charge in [0, 0.05) is 19.2 Å². The second-order valence-electron chi connectivity index (χ2n) is 4.92. The van der Waals surface area contributed by atoms with E-state index in [0.29, 0.717) is 25.4 Å². The molecule has 1 aliphatic rings. The SMILES string of the molecule is CNCc1cc(S(=O)(=O)N2Cc3ccccc3C2)c(Br)o1. The predicted molar refractivity (Wildman–Crippen MR) is 82.0 cm³/mol. The minimum atomic E-state index is -3.57. The highest BCUT2D eigenvalue weighted by molar-refractivity contribution is 9.10. The number of nitrogens with one attached hydrogen (secondary N) is 1. The molecule has 3 rings (SSSR count). The van der Waals surface area contributed by atoms with Crippen LogP contribution in [0.3, 0.4) is 0 Å². The van der Waals surface area contributed by atoms with Gasteiger partial charge in [-0.1, -0.05) is 24.3 Å². The number of sulfonamides is 1. The van der Waals surface area contributed by atoms with Crippen LogP contribution in [0.1, 0.15) is 16.9 Å². The predicted octanol–water partition coefficient (Wildman–Crippen LogP) is 2.47. The van der Waals surface area contributed by atoms with E-state index < -0.39 is 10.0 Å². The molecule has 1 aromatic heterocycles. The van der Waals surface area contributed by atoms with Crippen LogP contribution in [0, 0.1) is 0 Å². The zero-order valence-corrected chi connectivity index (χ0v) is 13.9. The van der Waals surface area contributed by atoms with E-state index in [1.54, 1.807) is 13.1 Å². The summed E-state index contributed by atoms with van der Waals surface area (Å²) >= 11 is 3.20. The van der Waals surface area contributed by atoms with Crippen LogP contribution in [-0.2, 0) is 29.7 Å². The summed E-state index contributed by atoms with van der Waals surface area (Å²) in [5.74, 6) is 0.583. The fourth-order valence-corrected chi connectivity index (χ4v) is 4.80. The number of furan rings is 1. The molecule has 0 amide bonds. The van der Waals surface area contributed by atoms with Gasteiger partial charge >= 0.3 is 0 Å². The van der Waals surface area contributed by atoms with E-state index in [1.165, 1.54) is 4.31 Å². The van der Waals surface area contributed by atoms with E-state index in [4.69, 9.17) is 4.42 Å². The third-order valence-corrected chi connectivity index (χ3v) is 6.14. The van der Waals surface area contributed by atoms with Gasteiger partial charge in [0.15, 0.2) is 4.67 Å². The first-order valence-corrected chi connectivity index (χ1v) is 8.75. The summed E-state index contributed by atoms with van der Waals surface area (Å²) in [7, 11) is -1.79. The summed E-state index contributed by atoms with van der Waals surface area (Å²) < 4.78 is 32.7. The number of halogens is 1. The quantitative estimate of drug-likeness (QED) is 0.897. The number of hydrogen-bond acceptors (Lipinski definition) is 4. The molecular formula is C14H15BrN2O3S. The summed E-state index contributed by atoms with van der Waals surface area (Å²) in [6.07, 6.45) is 0. The smallest absolute Gasteiger partial charge is 0.248 e. The summed E-state index contributed by atoms with van der Waals surface area (Å²) in [4.78, 5) is 0.181. The van der Waals surface area contributed by atoms with Crippen molar-refractivity contribution < 1.29 is 12.8 Å². The van der Waals surface area contributed by atoms with E-state index in [2.05, 4.69) is 21.2 Å². The molecule has 2 aromatic rings. The lowest BCUT2D eigenvalue weighted by molar-refractivity contribution is 0.427. The van der Waals surface area contributed by atoms with Crippen LogP contribution < -0.4 is 5.32 Å². The number of hydrogen-bond donors (Lipinski definition) is 1. The third-order valence-electron chi connectivity index (χ3n) is 3.49. The van der Waals surface area contributed by atoms with Gasteiger partial charge in [0.2, 0.25) is 10.0 Å². The van der Waals surface area contributed by atoms with Gasteiger partial charge in [-0.3, -0.25) is 0 Å². The molecular weight excluding hydrogens is 356 g/mol. The molecule has 0 atom stereocenters. The first kappa shape index (κ1) is 14.8. The van der Waals surface area contributed by atoms with Gasteiger partial charge in [-0.2, -0.15) is 4.31 Å². The lowest BCUT2D eigenvalue weighted by atomic mass is 10.1. The Hall–Kier alpha value is -1.15. The molecule has 0 saturated heterocycles. The first-order chi connectivity index (χ1) is 10.0. The normalized spacial score (nSPS) is 15.3. The summed E-state index contributed by atoms with van der Waals surface area (Å²) in [5.41, 5.74) is 2.10. The zero-order valence-electron chi connectivity index (χ0n) is 11.5. The lowest BCUT2D eigenvalue weighted by Gasteiger charge is -2.14. The molecule has 5 nitrogen and oxygen atoms in total. The molecule has 1 N–H and O–H groups in total. The fourth-order valence-electron chi connectivity index (χ4n) is 2.45. The van der Waals surface area contributed by atoms with Crippen molar-refractivity contribution in [2.24, 2.45) is 0 Å². The molecule has 2 heterocycles. The van der Waals surface area contributed by atoms with Crippen LogP contribution in [0.2, 0.25) is 0 Å². The minimum Gasteiger partial charge on any atom is -0.452 e. The van der Waals surface area contributed by atoms with E-state index in [9.17, 15) is 8.42 Å². The van der Waals surface area contributed by atoms with Crippen molar-refractivity contribution in [3.05, 3.63) is 51.9 Å². The highest BCUT2D eigenvalue weighted by atomic mass is 79.9. The standard InChI is InChI=1S/C14H15BrN2O3S/c1-16-7-12-6-13(14(15)20-12)21(18,19)17-8-10-4-2-3-5-11(10)9-17/h2-6,16H,7-9H2,1H3. The van der Waals surface area contributed by atoms with E-state index in [1.807, 2.05) is 24.3 Å². The Morgan fingerprint density at radius 3 is 2.48 bits per heavy atom. The van der Waals surface area contributed by atoms with Gasteiger partial charge in [-0.25, -0.2) is 8.42 Å². The Labute approximate surface area is 132 Å². The molecule has 0 fully saturated rings. The molecule has 112 valence electrons. The Kier molecular flexibility index (Phi) is 3.92. The Morgan fingerprint density at radius 2 is 1.90 bits per heavy atom. The second kappa shape index (κ2) is 5.57. The van der Waals surface area contributed by atoms with Crippen molar-refractivity contribution in [2.45, 2.75) is 24.5 Å². The highest BCUT2D eigenvalue weighted by Crippen LogP contribution is 2.33. The van der Waals surface area contributed by atoms with Crippen LogP contribution in [0.15, 0.2) is 44.3 Å². The molecule has 7 heteroatoms. The maximum absolute atomic E-state index is 12.8. The monoisotopic (exact) mass is 370 g/mol. The molecule has 0 bridgehead atoms. The topological polar surface area (TPSA) is 62.6 Å². The molecule has 1 aliphatic heterocycles. The van der Waals surface area contributed by atoms with E-state index in [0.717, 1.165) is 11.1 Å².